The molecule has 10 nitrogen and oxygen atoms in total. The number of aromatic nitrogens is 1. The SMILES string of the molecule is COC(=O)Cn1c(=NC(=O)c2cccc(NS(=O)(=O)c3ccc(C)cc3)c2)sc2cc(C(=O)OC)ccc21. The van der Waals surface area contributed by atoms with Crippen molar-refractivity contribution in [3.05, 3.63) is 88.2 Å². The van der Waals surface area contributed by atoms with Crippen LogP contribution in [0.2, 0.25) is 0 Å². The van der Waals surface area contributed by atoms with E-state index in [1.807, 2.05) is 6.92 Å². The number of fused-ring (bicyclic) bond motifs is 1. The van der Waals surface area contributed by atoms with Gasteiger partial charge in [-0.25, -0.2) is 13.2 Å². The molecule has 0 saturated heterocycles. The molecule has 1 heterocycles. The number of hydrogen-bond donors (Lipinski definition) is 1. The number of nitrogens with one attached hydrogen (secondary N) is 1. The smallest absolute Gasteiger partial charge is 0.337 e. The van der Waals surface area contributed by atoms with Gasteiger partial charge in [-0.3, -0.25) is 14.3 Å². The number of carbonyl (C=O) groups excluding carboxylic acids is 3. The fraction of sp³-hybridized carbons (Fsp3) is 0.154. The summed E-state index contributed by atoms with van der Waals surface area (Å²) in [5.74, 6) is -1.73. The number of benzene rings is 3. The van der Waals surface area contributed by atoms with Gasteiger partial charge in [-0.1, -0.05) is 35.1 Å². The third-order valence-corrected chi connectivity index (χ3v) is 7.95. The average molecular weight is 554 g/mol. The number of carbonyl (C=O) groups is 3. The maximum atomic E-state index is 13.1. The van der Waals surface area contributed by atoms with Crippen molar-refractivity contribution >= 4 is 55.1 Å². The minimum absolute atomic E-state index is 0.0879. The standard InChI is InChI=1S/C26H23N3O7S2/c1-16-7-10-20(11-8-16)38(33,34)28-19-6-4-5-17(13-19)24(31)27-26-29(15-23(30)35-2)21-12-9-18(25(32)36-3)14-22(21)37-26/h4-14,28H,15H2,1-3H3. The lowest BCUT2D eigenvalue weighted by atomic mass is 10.2. The zero-order valence-electron chi connectivity index (χ0n) is 20.6. The number of aryl methyl sites for hydroxylation is 1. The number of ether oxygens (including phenoxy) is 2. The first-order valence-corrected chi connectivity index (χ1v) is 13.5. The van der Waals surface area contributed by atoms with E-state index in [9.17, 15) is 22.8 Å². The summed E-state index contributed by atoms with van der Waals surface area (Å²) in [5.41, 5.74) is 2.11. The predicted molar refractivity (Wildman–Crippen MR) is 141 cm³/mol. The van der Waals surface area contributed by atoms with E-state index in [-0.39, 0.29) is 27.5 Å². The van der Waals surface area contributed by atoms with Crippen LogP contribution in [0.25, 0.3) is 10.2 Å². The molecule has 196 valence electrons. The first-order valence-electron chi connectivity index (χ1n) is 11.2. The Morgan fingerprint density at radius 1 is 0.947 bits per heavy atom. The molecule has 1 N–H and O–H groups in total. The highest BCUT2D eigenvalue weighted by atomic mass is 32.2. The molecule has 0 spiro atoms. The Balaban J connectivity index is 1.71. The third kappa shape index (κ3) is 5.82. The van der Waals surface area contributed by atoms with E-state index in [2.05, 4.69) is 9.71 Å². The van der Waals surface area contributed by atoms with Crippen molar-refractivity contribution in [1.29, 1.82) is 0 Å². The molecule has 4 aromatic rings. The van der Waals surface area contributed by atoms with E-state index in [0.29, 0.717) is 15.8 Å². The summed E-state index contributed by atoms with van der Waals surface area (Å²) in [4.78, 5) is 41.6. The van der Waals surface area contributed by atoms with Crippen molar-refractivity contribution in [3.63, 3.8) is 0 Å². The summed E-state index contributed by atoms with van der Waals surface area (Å²) in [6.07, 6.45) is 0. The second-order valence-electron chi connectivity index (χ2n) is 8.14. The second kappa shape index (κ2) is 11.0. The van der Waals surface area contributed by atoms with Crippen LogP contribution in [0.15, 0.2) is 76.6 Å². The predicted octanol–water partition coefficient (Wildman–Crippen LogP) is 3.51. The van der Waals surface area contributed by atoms with Gasteiger partial charge in [0.2, 0.25) is 0 Å². The van der Waals surface area contributed by atoms with Gasteiger partial charge in [0.05, 0.1) is 34.9 Å². The quantitative estimate of drug-likeness (QED) is 0.346. The second-order valence-corrected chi connectivity index (χ2v) is 10.8. The molecule has 0 unspecified atom stereocenters. The van der Waals surface area contributed by atoms with Crippen LogP contribution in [0.4, 0.5) is 5.69 Å². The molecule has 1 amide bonds. The van der Waals surface area contributed by atoms with Crippen LogP contribution in [0.3, 0.4) is 0 Å². The van der Waals surface area contributed by atoms with Crippen molar-refractivity contribution < 1.29 is 32.3 Å². The normalized spacial score (nSPS) is 11.8. The molecule has 0 saturated carbocycles. The molecule has 38 heavy (non-hydrogen) atoms. The Kier molecular flexibility index (Phi) is 7.74. The third-order valence-electron chi connectivity index (χ3n) is 5.51. The van der Waals surface area contributed by atoms with Gasteiger partial charge in [0.15, 0.2) is 4.80 Å². The minimum atomic E-state index is -3.87. The van der Waals surface area contributed by atoms with E-state index in [1.165, 1.54) is 55.2 Å². The van der Waals surface area contributed by atoms with E-state index in [4.69, 9.17) is 9.47 Å². The maximum absolute atomic E-state index is 13.1. The van der Waals surface area contributed by atoms with Crippen LogP contribution in [0.5, 0.6) is 0 Å². The highest BCUT2D eigenvalue weighted by Gasteiger charge is 2.17. The molecule has 0 aliphatic carbocycles. The van der Waals surface area contributed by atoms with Crippen LogP contribution in [-0.2, 0) is 30.8 Å². The van der Waals surface area contributed by atoms with Gasteiger partial charge < -0.3 is 14.0 Å². The lowest BCUT2D eigenvalue weighted by molar-refractivity contribution is -0.141. The fourth-order valence-electron chi connectivity index (χ4n) is 3.55. The number of sulfonamides is 1. The Hall–Kier alpha value is -4.29. The number of anilines is 1. The van der Waals surface area contributed by atoms with Gasteiger partial charge in [-0.05, 0) is 55.5 Å². The summed E-state index contributed by atoms with van der Waals surface area (Å²) < 4.78 is 39.6. The van der Waals surface area contributed by atoms with Crippen LogP contribution in [-0.4, -0.2) is 45.1 Å². The molecule has 4 rings (SSSR count). The number of methoxy groups -OCH3 is 2. The first-order chi connectivity index (χ1) is 18.1. The lowest BCUT2D eigenvalue weighted by Gasteiger charge is -2.09. The molecule has 1 aromatic heterocycles. The lowest BCUT2D eigenvalue weighted by Crippen LogP contribution is -2.22. The Labute approximate surface area is 222 Å². The average Bonchev–Trinajstić information content (AvgIpc) is 3.23. The van der Waals surface area contributed by atoms with Crippen molar-refractivity contribution in [2.45, 2.75) is 18.4 Å². The first kappa shape index (κ1) is 26.8. The Morgan fingerprint density at radius 2 is 1.68 bits per heavy atom. The number of hydrogen-bond acceptors (Lipinski definition) is 8. The van der Waals surface area contributed by atoms with Crippen molar-refractivity contribution in [1.82, 2.24) is 4.57 Å². The van der Waals surface area contributed by atoms with Gasteiger partial charge in [-0.15, -0.1) is 0 Å². The van der Waals surface area contributed by atoms with Crippen molar-refractivity contribution in [2.24, 2.45) is 4.99 Å². The summed E-state index contributed by atoms with van der Waals surface area (Å²) in [5, 5.41) is 0. The zero-order chi connectivity index (χ0) is 27.4. The molecule has 0 radical (unpaired) electrons. The van der Waals surface area contributed by atoms with Crippen LogP contribution in [0, 0.1) is 6.92 Å². The number of rotatable bonds is 7. The molecule has 0 aliphatic heterocycles. The highest BCUT2D eigenvalue weighted by Crippen LogP contribution is 2.21. The molecule has 0 fully saturated rings. The molecule has 0 atom stereocenters. The number of nitrogens with zero attached hydrogens (tertiary/aromatic N) is 2. The van der Waals surface area contributed by atoms with Gasteiger partial charge in [-0.2, -0.15) is 4.99 Å². The summed E-state index contributed by atoms with van der Waals surface area (Å²) in [6, 6.07) is 17.1. The topological polar surface area (TPSA) is 133 Å². The number of amides is 1. The summed E-state index contributed by atoms with van der Waals surface area (Å²) >= 11 is 1.10. The number of thiazole rings is 1. The Morgan fingerprint density at radius 3 is 2.37 bits per heavy atom. The summed E-state index contributed by atoms with van der Waals surface area (Å²) in [7, 11) is -1.35. The Bertz CT molecular complexity index is 1720. The maximum Gasteiger partial charge on any atom is 0.337 e. The van der Waals surface area contributed by atoms with Crippen LogP contribution < -0.4 is 9.52 Å². The molecule has 0 aliphatic rings. The van der Waals surface area contributed by atoms with E-state index >= 15 is 0 Å². The molecule has 12 heteroatoms. The van der Waals surface area contributed by atoms with Crippen LogP contribution in [0.1, 0.15) is 26.3 Å². The van der Waals surface area contributed by atoms with E-state index in [0.717, 1.165) is 16.9 Å². The van der Waals surface area contributed by atoms with E-state index < -0.39 is 27.9 Å². The number of esters is 2. The molecular weight excluding hydrogens is 530 g/mol. The minimum Gasteiger partial charge on any atom is -0.468 e. The van der Waals surface area contributed by atoms with Crippen LogP contribution >= 0.6 is 11.3 Å². The largest absolute Gasteiger partial charge is 0.468 e. The molecular formula is C26H23N3O7S2. The zero-order valence-corrected chi connectivity index (χ0v) is 22.3. The fourth-order valence-corrected chi connectivity index (χ4v) is 5.66. The summed E-state index contributed by atoms with van der Waals surface area (Å²) in [6.45, 7) is 1.64. The highest BCUT2D eigenvalue weighted by molar-refractivity contribution is 7.92. The van der Waals surface area contributed by atoms with Gasteiger partial charge >= 0.3 is 11.9 Å². The van der Waals surface area contributed by atoms with Gasteiger partial charge in [0.25, 0.3) is 15.9 Å². The molecule has 3 aromatic carbocycles. The van der Waals surface area contributed by atoms with Crippen molar-refractivity contribution in [3.8, 4) is 0 Å². The van der Waals surface area contributed by atoms with Gasteiger partial charge in [0, 0.05) is 11.3 Å². The van der Waals surface area contributed by atoms with E-state index in [1.54, 1.807) is 30.3 Å². The monoisotopic (exact) mass is 553 g/mol. The molecule has 0 bridgehead atoms. The van der Waals surface area contributed by atoms with Gasteiger partial charge in [0.1, 0.15) is 6.54 Å². The van der Waals surface area contributed by atoms with Crippen molar-refractivity contribution in [2.75, 3.05) is 18.9 Å².